The molecule has 0 saturated heterocycles. The highest BCUT2D eigenvalue weighted by Crippen LogP contribution is 2.54. The molecule has 350 valence electrons. The van der Waals surface area contributed by atoms with Crippen LogP contribution in [0.15, 0.2) is 140 Å². The second-order valence-corrected chi connectivity index (χ2v) is 26.0. The fourth-order valence-electron chi connectivity index (χ4n) is 12.6. The largest absolute Gasteiger partial charge is 0.311 e. The quantitative estimate of drug-likeness (QED) is 0.162. The van der Waals surface area contributed by atoms with Crippen LogP contribution in [0.5, 0.6) is 0 Å². The molecule has 0 bridgehead atoms. The molecule has 7 aromatic carbocycles. The normalized spacial score (nSPS) is 18.1. The molecule has 0 radical (unpaired) electrons. The van der Waals surface area contributed by atoms with Crippen LogP contribution in [-0.4, -0.2) is 6.71 Å². The minimum atomic E-state index is -0.127. The number of hydrogen-bond donors (Lipinski definition) is 0. The summed E-state index contributed by atoms with van der Waals surface area (Å²) < 4.78 is 0. The first-order valence-electron chi connectivity index (χ1n) is 26.0. The van der Waals surface area contributed by atoms with Crippen molar-refractivity contribution in [3.05, 3.63) is 173 Å². The first-order valence-corrected chi connectivity index (χ1v) is 26.0. The van der Waals surface area contributed by atoms with Crippen LogP contribution in [0.2, 0.25) is 0 Å². The van der Waals surface area contributed by atoms with E-state index in [1.165, 1.54) is 132 Å². The van der Waals surface area contributed by atoms with E-state index in [1.54, 1.807) is 0 Å². The molecule has 0 unspecified atom stereocenters. The molecule has 69 heavy (non-hydrogen) atoms. The van der Waals surface area contributed by atoms with Crippen LogP contribution in [0, 0.1) is 0 Å². The Morgan fingerprint density at radius 1 is 0.377 bits per heavy atom. The highest BCUT2D eigenvalue weighted by atomic mass is 15.2. The highest BCUT2D eigenvalue weighted by Gasteiger charge is 2.48. The van der Waals surface area contributed by atoms with Crippen LogP contribution in [0.25, 0.3) is 22.3 Å². The van der Waals surface area contributed by atoms with Crippen molar-refractivity contribution >= 4 is 57.2 Å². The fraction of sp³-hybridized carbons (Fsp3) is 0.364. The van der Waals surface area contributed by atoms with E-state index in [0.29, 0.717) is 0 Å². The maximum atomic E-state index is 2.72. The number of fused-ring (bicyclic) bond motifs is 6. The second-order valence-electron chi connectivity index (χ2n) is 26.0. The van der Waals surface area contributed by atoms with Crippen molar-refractivity contribution in [3.63, 3.8) is 0 Å². The second kappa shape index (κ2) is 15.4. The van der Waals surface area contributed by atoms with Gasteiger partial charge in [-0.3, -0.25) is 0 Å². The highest BCUT2D eigenvalue weighted by molar-refractivity contribution is 7.00. The van der Waals surface area contributed by atoms with Gasteiger partial charge in [0.25, 0.3) is 6.71 Å². The molecule has 0 atom stereocenters. The lowest BCUT2D eigenvalue weighted by molar-refractivity contribution is 0.332. The zero-order valence-electron chi connectivity index (χ0n) is 44.1. The molecule has 3 heteroatoms. The van der Waals surface area contributed by atoms with Gasteiger partial charge in [0, 0.05) is 34.0 Å². The number of rotatable bonds is 4. The maximum absolute atomic E-state index is 2.72. The summed E-state index contributed by atoms with van der Waals surface area (Å²) in [5.41, 5.74) is 25.5. The van der Waals surface area contributed by atoms with Gasteiger partial charge in [-0.25, -0.2) is 0 Å². The summed E-state index contributed by atoms with van der Waals surface area (Å²) in [7, 11) is 0. The summed E-state index contributed by atoms with van der Waals surface area (Å²) in [6.45, 7) is 34.0. The van der Waals surface area contributed by atoms with Crippen LogP contribution in [0.1, 0.15) is 156 Å². The first kappa shape index (κ1) is 45.6. The summed E-state index contributed by atoms with van der Waals surface area (Å²) in [6.07, 6.45) is 4.71. The summed E-state index contributed by atoms with van der Waals surface area (Å²) >= 11 is 0. The average molecular weight is 905 g/mol. The predicted octanol–water partition coefficient (Wildman–Crippen LogP) is 16.4. The van der Waals surface area contributed by atoms with E-state index in [9.17, 15) is 0 Å². The van der Waals surface area contributed by atoms with Crippen molar-refractivity contribution in [2.45, 2.75) is 155 Å². The zero-order chi connectivity index (χ0) is 48.8. The SMILES string of the molecule is CC(C)(C)c1ccc(N2c3ccc(-c4ccccc4)cc3B3c4cc5c(cc4N(c4ccc6c(c4)C(C)(C)CCC6(C)C)c4cc(C(C)(C)C)cc2c43)C(C)(C)CCC5(C)C)c(-c2ccccc2)c1. The van der Waals surface area contributed by atoms with Crippen molar-refractivity contribution in [1.82, 2.24) is 0 Å². The van der Waals surface area contributed by atoms with Gasteiger partial charge in [0.1, 0.15) is 0 Å². The number of hydrogen-bond acceptors (Lipinski definition) is 2. The number of benzene rings is 7. The summed E-state index contributed by atoms with van der Waals surface area (Å²) in [5.74, 6) is 0. The Balaban J connectivity index is 1.30. The molecule has 2 aliphatic carbocycles. The Bertz CT molecular complexity index is 3190. The van der Waals surface area contributed by atoms with E-state index in [2.05, 4.69) is 246 Å². The van der Waals surface area contributed by atoms with Gasteiger partial charge in [-0.15, -0.1) is 0 Å². The first-order chi connectivity index (χ1) is 32.4. The minimum Gasteiger partial charge on any atom is -0.311 e. The lowest BCUT2D eigenvalue weighted by Crippen LogP contribution is -2.62. The van der Waals surface area contributed by atoms with Gasteiger partial charge in [0.15, 0.2) is 0 Å². The van der Waals surface area contributed by atoms with E-state index in [4.69, 9.17) is 0 Å². The van der Waals surface area contributed by atoms with Crippen molar-refractivity contribution in [2.75, 3.05) is 9.80 Å². The van der Waals surface area contributed by atoms with E-state index in [-0.39, 0.29) is 39.2 Å². The lowest BCUT2D eigenvalue weighted by Gasteiger charge is -2.48. The van der Waals surface area contributed by atoms with Gasteiger partial charge in [-0.2, -0.15) is 0 Å². The van der Waals surface area contributed by atoms with E-state index in [0.717, 1.165) is 0 Å². The summed E-state index contributed by atoms with van der Waals surface area (Å²) in [5, 5.41) is 0. The molecular formula is C66H73BN2. The molecule has 4 aliphatic rings. The maximum Gasteiger partial charge on any atom is 0.252 e. The molecule has 0 saturated carbocycles. The molecule has 2 heterocycles. The summed E-state index contributed by atoms with van der Waals surface area (Å²) in [4.78, 5) is 5.39. The van der Waals surface area contributed by atoms with Crippen LogP contribution in [0.4, 0.5) is 34.1 Å². The molecule has 0 N–H and O–H groups in total. The van der Waals surface area contributed by atoms with E-state index in [1.807, 2.05) is 0 Å². The Morgan fingerprint density at radius 3 is 1.48 bits per heavy atom. The van der Waals surface area contributed by atoms with E-state index >= 15 is 0 Å². The molecular weight excluding hydrogens is 832 g/mol. The van der Waals surface area contributed by atoms with Crippen LogP contribution >= 0.6 is 0 Å². The molecule has 2 nitrogen and oxygen atoms in total. The Morgan fingerprint density at radius 2 is 0.884 bits per heavy atom. The van der Waals surface area contributed by atoms with Gasteiger partial charge in [-0.1, -0.05) is 188 Å². The molecule has 11 rings (SSSR count). The van der Waals surface area contributed by atoms with Gasteiger partial charge >= 0.3 is 0 Å². The molecule has 2 aliphatic heterocycles. The molecule has 0 spiro atoms. The van der Waals surface area contributed by atoms with Crippen LogP contribution < -0.4 is 26.2 Å². The third-order valence-electron chi connectivity index (χ3n) is 17.3. The van der Waals surface area contributed by atoms with Gasteiger partial charge < -0.3 is 9.80 Å². The third kappa shape index (κ3) is 7.35. The average Bonchev–Trinajstić information content (AvgIpc) is 3.31. The Labute approximate surface area is 415 Å². The van der Waals surface area contributed by atoms with Gasteiger partial charge in [0.05, 0.1) is 5.69 Å². The Hall–Kier alpha value is -5.80. The standard InChI is InChI=1S/C66H73BN2/c1-61(2,3)45-26-30-55(48(36-45)43-23-19-16-20-24-43)69-56-29-25-44(42-21-17-15-18-22-42)35-53(56)67-54-40-51-52(66(13,14)34-33-65(51,11)12)41-57(54)68(58-37-46(62(4,5)6)38-59(69)60(58)67)47-27-28-49-50(39-47)64(9,10)32-31-63(49,7)8/h15-30,35-41H,31-34H2,1-14H3. The third-order valence-corrected chi connectivity index (χ3v) is 17.3. The lowest BCUT2D eigenvalue weighted by atomic mass is 9.33. The topological polar surface area (TPSA) is 6.48 Å². The van der Waals surface area contributed by atoms with Crippen molar-refractivity contribution < 1.29 is 0 Å². The van der Waals surface area contributed by atoms with Gasteiger partial charge in [0.2, 0.25) is 0 Å². The van der Waals surface area contributed by atoms with Crippen LogP contribution in [-0.2, 0) is 32.5 Å². The minimum absolute atomic E-state index is 0.00153. The van der Waals surface area contributed by atoms with Crippen LogP contribution in [0.3, 0.4) is 0 Å². The monoisotopic (exact) mass is 905 g/mol. The Kier molecular flexibility index (Phi) is 10.2. The molecule has 0 amide bonds. The van der Waals surface area contributed by atoms with Crippen molar-refractivity contribution in [3.8, 4) is 22.3 Å². The molecule has 0 aromatic heterocycles. The van der Waals surface area contributed by atoms with Crippen molar-refractivity contribution in [2.24, 2.45) is 0 Å². The number of anilines is 6. The number of nitrogens with zero attached hydrogens (tertiary/aromatic N) is 2. The molecule has 7 aromatic rings. The van der Waals surface area contributed by atoms with Crippen molar-refractivity contribution in [1.29, 1.82) is 0 Å². The zero-order valence-corrected chi connectivity index (χ0v) is 44.1. The molecule has 0 fully saturated rings. The van der Waals surface area contributed by atoms with Gasteiger partial charge in [-0.05, 0) is 173 Å². The fourth-order valence-corrected chi connectivity index (χ4v) is 12.6. The smallest absolute Gasteiger partial charge is 0.252 e. The summed E-state index contributed by atoms with van der Waals surface area (Å²) in [6, 6.07) is 54.9. The predicted molar refractivity (Wildman–Crippen MR) is 299 cm³/mol. The van der Waals surface area contributed by atoms with E-state index < -0.39 is 0 Å².